The molecule has 0 atom stereocenters. The highest BCUT2D eigenvalue weighted by atomic mass is 15.1. The first kappa shape index (κ1) is 38.3. The van der Waals surface area contributed by atoms with Crippen LogP contribution in [0.25, 0.3) is 133 Å². The number of aromatic nitrogens is 10. The van der Waals surface area contributed by atoms with E-state index in [0.717, 1.165) is 133 Å². The van der Waals surface area contributed by atoms with Crippen molar-refractivity contribution in [2.75, 3.05) is 0 Å². The summed E-state index contributed by atoms with van der Waals surface area (Å²) in [5.74, 6) is 0. The van der Waals surface area contributed by atoms with E-state index < -0.39 is 0 Å². The summed E-state index contributed by atoms with van der Waals surface area (Å²) in [6, 6.07) is 60.0. The van der Waals surface area contributed by atoms with Gasteiger partial charge in [-0.1, -0.05) is 72.8 Å². The molecular formula is C60H36N10. The van der Waals surface area contributed by atoms with Crippen molar-refractivity contribution in [2.45, 2.75) is 0 Å². The Bertz CT molecular complexity index is 3840. The molecule has 0 saturated heterocycles. The Morgan fingerprint density at radius 1 is 0.229 bits per heavy atom. The third-order valence-electron chi connectivity index (χ3n) is 13.9. The van der Waals surface area contributed by atoms with Gasteiger partial charge in [-0.3, -0.25) is 29.9 Å². The van der Waals surface area contributed by atoms with Crippen LogP contribution in [0.3, 0.4) is 0 Å². The molecule has 0 saturated carbocycles. The smallest absolute Gasteiger partial charge is 0.0963 e. The largest absolute Gasteiger partial charge is 0.305 e. The van der Waals surface area contributed by atoms with Gasteiger partial charge in [0.15, 0.2) is 0 Å². The van der Waals surface area contributed by atoms with Crippen molar-refractivity contribution in [3.63, 3.8) is 0 Å². The molecule has 0 amide bonds. The Balaban J connectivity index is 1.35. The topological polar surface area (TPSA) is 97.1 Å². The minimum absolute atomic E-state index is 0.902. The molecule has 0 radical (unpaired) electrons. The number of benzene rings is 5. The Morgan fingerprint density at radius 3 is 0.743 bits per heavy atom. The van der Waals surface area contributed by atoms with Gasteiger partial charge in [-0.2, -0.15) is 0 Å². The van der Waals surface area contributed by atoms with Crippen LogP contribution in [-0.2, 0) is 0 Å². The van der Waals surface area contributed by atoms with Crippen molar-refractivity contribution >= 4 is 87.7 Å². The predicted molar refractivity (Wildman–Crippen MR) is 281 cm³/mol. The van der Waals surface area contributed by atoms with Gasteiger partial charge < -0.3 is 18.3 Å². The molecule has 0 unspecified atom stereocenters. The number of hydrogen-bond acceptors (Lipinski definition) is 6. The maximum absolute atomic E-state index is 5.13. The number of rotatable bonds is 6. The third-order valence-corrected chi connectivity index (χ3v) is 13.9. The molecule has 10 heteroatoms. The van der Waals surface area contributed by atoms with Gasteiger partial charge in [-0.25, -0.2) is 0 Å². The summed E-state index contributed by atoms with van der Waals surface area (Å²) in [7, 11) is 0. The summed E-state index contributed by atoms with van der Waals surface area (Å²) >= 11 is 0. The lowest BCUT2D eigenvalue weighted by Crippen LogP contribution is -2.16. The number of nitrogens with zero attached hydrogens (tertiary/aromatic N) is 10. The SMILES string of the molecule is c1ccc2c(c1)c1ncccc1n2-c1c(-c2ccncc2)c(-n2c3ccccc3c3ncccc32)c(-n2c3ccccc3c3ncccc32)c(-c2ccncc2)c1-n1c2ccccc2c2ncccc21. The number of pyridine rings is 6. The number of fused-ring (bicyclic) bond motifs is 12. The average Bonchev–Trinajstić information content (AvgIpc) is 4.16. The van der Waals surface area contributed by atoms with Gasteiger partial charge in [-0.05, 0) is 108 Å². The van der Waals surface area contributed by atoms with E-state index in [9.17, 15) is 0 Å². The molecule has 5 aromatic carbocycles. The second-order valence-corrected chi connectivity index (χ2v) is 17.5. The van der Waals surface area contributed by atoms with Gasteiger partial charge in [0.05, 0.1) is 88.9 Å². The molecule has 0 aliphatic heterocycles. The minimum atomic E-state index is 0.902. The molecule has 0 bridgehead atoms. The number of para-hydroxylation sites is 4. The summed E-state index contributed by atoms with van der Waals surface area (Å²) in [6.07, 6.45) is 15.1. The summed E-state index contributed by atoms with van der Waals surface area (Å²) < 4.78 is 9.77. The highest BCUT2D eigenvalue weighted by molar-refractivity contribution is 6.17. The Labute approximate surface area is 398 Å². The fraction of sp³-hybridized carbons (Fsp3) is 0. The van der Waals surface area contributed by atoms with Crippen molar-refractivity contribution < 1.29 is 0 Å². The first-order chi connectivity index (χ1) is 34.8. The molecule has 0 fully saturated rings. The van der Waals surface area contributed by atoms with E-state index in [1.165, 1.54) is 0 Å². The zero-order valence-corrected chi connectivity index (χ0v) is 37.3. The number of hydrogen-bond donors (Lipinski definition) is 0. The first-order valence-electron chi connectivity index (χ1n) is 23.3. The molecule has 10 nitrogen and oxygen atoms in total. The molecule has 10 heterocycles. The van der Waals surface area contributed by atoms with E-state index in [1.54, 1.807) is 0 Å². The first-order valence-corrected chi connectivity index (χ1v) is 23.3. The van der Waals surface area contributed by atoms with Crippen LogP contribution in [0.5, 0.6) is 0 Å². The van der Waals surface area contributed by atoms with Crippen LogP contribution < -0.4 is 0 Å². The monoisotopic (exact) mass is 896 g/mol. The molecule has 15 aromatic rings. The molecule has 0 spiro atoms. The van der Waals surface area contributed by atoms with Crippen molar-refractivity contribution in [2.24, 2.45) is 0 Å². The fourth-order valence-electron chi connectivity index (χ4n) is 11.3. The predicted octanol–water partition coefficient (Wildman–Crippen LogP) is 13.8. The van der Waals surface area contributed by atoms with Crippen LogP contribution in [-0.4, -0.2) is 48.2 Å². The van der Waals surface area contributed by atoms with Gasteiger partial charge in [0.1, 0.15) is 0 Å². The summed E-state index contributed by atoms with van der Waals surface area (Å²) in [5.41, 5.74) is 19.1. The molecular weight excluding hydrogens is 861 g/mol. The Hall–Kier alpha value is -9.80. The molecule has 70 heavy (non-hydrogen) atoms. The van der Waals surface area contributed by atoms with Crippen LogP contribution in [0.1, 0.15) is 0 Å². The molecule has 326 valence electrons. The van der Waals surface area contributed by atoms with Crippen molar-refractivity contribution in [1.29, 1.82) is 0 Å². The summed E-state index contributed by atoms with van der Waals surface area (Å²) in [5, 5.41) is 4.16. The lowest BCUT2D eigenvalue weighted by molar-refractivity contribution is 1.05. The van der Waals surface area contributed by atoms with Gasteiger partial charge in [-0.15, -0.1) is 0 Å². The zero-order chi connectivity index (χ0) is 45.9. The van der Waals surface area contributed by atoms with Crippen LogP contribution in [0, 0.1) is 0 Å². The molecule has 10 aromatic heterocycles. The van der Waals surface area contributed by atoms with E-state index in [2.05, 4.69) is 174 Å². The summed E-state index contributed by atoms with van der Waals surface area (Å²) in [6.45, 7) is 0. The lowest BCUT2D eigenvalue weighted by atomic mass is 9.90. The van der Waals surface area contributed by atoms with Crippen molar-refractivity contribution in [3.05, 3.63) is 219 Å². The van der Waals surface area contributed by atoms with E-state index in [-0.39, 0.29) is 0 Å². The standard InChI is InChI=1S/C60H36N10/c1-5-17-43-39(13-1)53-47(21-9-29-63-53)67(43)57-51(37-25-33-61-34-26-37)59(69-45-19-7-3-15-41(45)55-49(69)23-11-31-65-55)60(70-46-20-8-4-16-42(46)56-50(70)24-12-32-66-56)52(38-27-35-62-36-28-38)58(57)68-44-18-6-2-14-40(44)54-48(68)22-10-30-64-54/h1-36H. The highest BCUT2D eigenvalue weighted by Gasteiger charge is 2.35. The van der Waals surface area contributed by atoms with E-state index >= 15 is 0 Å². The molecule has 0 aliphatic carbocycles. The Morgan fingerprint density at radius 2 is 0.471 bits per heavy atom. The van der Waals surface area contributed by atoms with Gasteiger partial charge in [0.25, 0.3) is 0 Å². The highest BCUT2D eigenvalue weighted by Crippen LogP contribution is 2.54. The maximum atomic E-state index is 5.13. The van der Waals surface area contributed by atoms with Gasteiger partial charge in [0.2, 0.25) is 0 Å². The molecule has 0 N–H and O–H groups in total. The van der Waals surface area contributed by atoms with Gasteiger partial charge >= 0.3 is 0 Å². The van der Waals surface area contributed by atoms with E-state index in [1.807, 2.05) is 73.8 Å². The van der Waals surface area contributed by atoms with E-state index in [4.69, 9.17) is 19.9 Å². The fourth-order valence-corrected chi connectivity index (χ4v) is 11.3. The van der Waals surface area contributed by atoms with Crippen LogP contribution in [0.15, 0.2) is 219 Å². The minimum Gasteiger partial charge on any atom is -0.305 e. The summed E-state index contributed by atoms with van der Waals surface area (Å²) in [4.78, 5) is 29.8. The normalized spacial score (nSPS) is 12.0. The van der Waals surface area contributed by atoms with Crippen molar-refractivity contribution in [1.82, 2.24) is 48.2 Å². The van der Waals surface area contributed by atoms with E-state index in [0.29, 0.717) is 0 Å². The van der Waals surface area contributed by atoms with Gasteiger partial charge in [0, 0.05) is 82.2 Å². The van der Waals surface area contributed by atoms with Crippen molar-refractivity contribution in [3.8, 4) is 45.0 Å². The second kappa shape index (κ2) is 14.9. The van der Waals surface area contributed by atoms with Crippen LogP contribution in [0.2, 0.25) is 0 Å². The van der Waals surface area contributed by atoms with Crippen LogP contribution >= 0.6 is 0 Å². The molecule has 15 rings (SSSR count). The average molecular weight is 897 g/mol. The van der Waals surface area contributed by atoms with Crippen LogP contribution in [0.4, 0.5) is 0 Å². The quantitative estimate of drug-likeness (QED) is 0.165. The Kier molecular flexibility index (Phi) is 8.13. The zero-order valence-electron chi connectivity index (χ0n) is 37.3. The lowest BCUT2D eigenvalue weighted by Gasteiger charge is -2.31. The molecule has 0 aliphatic rings. The maximum Gasteiger partial charge on any atom is 0.0963 e. The second-order valence-electron chi connectivity index (χ2n) is 17.5. The third kappa shape index (κ3) is 5.26.